The van der Waals surface area contributed by atoms with Gasteiger partial charge in [-0.05, 0) is 60.9 Å². The highest BCUT2D eigenvalue weighted by molar-refractivity contribution is 5.96. The van der Waals surface area contributed by atoms with Gasteiger partial charge in [0.15, 0.2) is 6.61 Å². The Balaban J connectivity index is 2.02. The van der Waals surface area contributed by atoms with Crippen molar-refractivity contribution in [2.24, 2.45) is 0 Å². The number of hydrogen-bond acceptors (Lipinski definition) is 5. The van der Waals surface area contributed by atoms with Crippen LogP contribution in [0.4, 0.5) is 5.69 Å². The predicted molar refractivity (Wildman–Crippen MR) is 111 cm³/mol. The van der Waals surface area contributed by atoms with Crippen LogP contribution in [0.1, 0.15) is 23.1 Å². The molecule has 0 aliphatic rings. The Kier molecular flexibility index (Phi) is 7.99. The maximum absolute atomic E-state index is 12.6. The number of carbonyl (C=O) groups is 2. The molecule has 6 heteroatoms. The quantitative estimate of drug-likeness (QED) is 0.504. The zero-order valence-electron chi connectivity index (χ0n) is 16.8. The van der Waals surface area contributed by atoms with Gasteiger partial charge in [-0.25, -0.2) is 4.79 Å². The Bertz CT molecular complexity index is 924. The van der Waals surface area contributed by atoms with Crippen LogP contribution in [-0.4, -0.2) is 32.1 Å². The van der Waals surface area contributed by atoms with Crippen molar-refractivity contribution in [3.8, 4) is 11.8 Å². The summed E-state index contributed by atoms with van der Waals surface area (Å²) in [6.07, 6.45) is 3.04. The highest BCUT2D eigenvalue weighted by atomic mass is 16.5. The second-order valence-corrected chi connectivity index (χ2v) is 6.52. The van der Waals surface area contributed by atoms with Crippen molar-refractivity contribution in [1.29, 1.82) is 5.26 Å². The van der Waals surface area contributed by atoms with Crippen LogP contribution < -0.4 is 9.64 Å². The number of aryl methyl sites for hydroxylation is 2. The summed E-state index contributed by atoms with van der Waals surface area (Å²) in [5.74, 6) is -0.326. The van der Waals surface area contributed by atoms with Crippen molar-refractivity contribution in [2.45, 2.75) is 20.3 Å². The van der Waals surface area contributed by atoms with Gasteiger partial charge in [-0.2, -0.15) is 5.26 Å². The van der Waals surface area contributed by atoms with Crippen molar-refractivity contribution in [3.05, 3.63) is 65.2 Å². The van der Waals surface area contributed by atoms with E-state index in [0.717, 1.165) is 16.7 Å². The Morgan fingerprint density at radius 1 is 1.14 bits per heavy atom. The first-order chi connectivity index (χ1) is 13.9. The van der Waals surface area contributed by atoms with Gasteiger partial charge in [0, 0.05) is 18.3 Å². The molecular formula is C23H24N2O4. The standard InChI is InChI=1S/C23H24N2O4/c1-17-12-18(2)14-20(13-17)25(11-5-10-24)22(26)16-29-23(27)9-8-19-6-4-7-21(15-19)28-3/h4,6-9,12-15H,5,11,16H2,1-3H3/b9-8+. The first kappa shape index (κ1) is 21.7. The topological polar surface area (TPSA) is 79.6 Å². The lowest BCUT2D eigenvalue weighted by molar-refractivity contribution is -0.142. The molecule has 29 heavy (non-hydrogen) atoms. The highest BCUT2D eigenvalue weighted by Crippen LogP contribution is 2.19. The van der Waals surface area contributed by atoms with E-state index in [0.29, 0.717) is 11.4 Å². The van der Waals surface area contributed by atoms with E-state index in [1.807, 2.05) is 50.2 Å². The van der Waals surface area contributed by atoms with Crippen LogP contribution in [0.2, 0.25) is 0 Å². The summed E-state index contributed by atoms with van der Waals surface area (Å²) in [5, 5.41) is 8.90. The molecule has 1 amide bonds. The van der Waals surface area contributed by atoms with Gasteiger partial charge in [-0.15, -0.1) is 0 Å². The number of rotatable bonds is 8. The average molecular weight is 392 g/mol. The largest absolute Gasteiger partial charge is 0.497 e. The lowest BCUT2D eigenvalue weighted by Gasteiger charge is -2.22. The molecule has 0 aliphatic heterocycles. The molecule has 0 fully saturated rings. The lowest BCUT2D eigenvalue weighted by Crippen LogP contribution is -2.35. The molecule has 0 spiro atoms. The zero-order valence-corrected chi connectivity index (χ0v) is 16.8. The molecule has 150 valence electrons. The zero-order chi connectivity index (χ0) is 21.2. The highest BCUT2D eigenvalue weighted by Gasteiger charge is 2.17. The summed E-state index contributed by atoms with van der Waals surface area (Å²) in [5.41, 5.74) is 3.48. The Labute approximate surface area is 171 Å². The lowest BCUT2D eigenvalue weighted by atomic mass is 10.1. The Morgan fingerprint density at radius 2 is 1.86 bits per heavy atom. The van der Waals surface area contributed by atoms with Crippen molar-refractivity contribution in [2.75, 3.05) is 25.2 Å². The first-order valence-electron chi connectivity index (χ1n) is 9.17. The predicted octanol–water partition coefficient (Wildman–Crippen LogP) is 3.82. The van der Waals surface area contributed by atoms with Crippen molar-refractivity contribution in [1.82, 2.24) is 0 Å². The third-order valence-electron chi connectivity index (χ3n) is 4.11. The van der Waals surface area contributed by atoms with Crippen molar-refractivity contribution >= 4 is 23.6 Å². The number of hydrogen-bond donors (Lipinski definition) is 0. The van der Waals surface area contributed by atoms with Crippen LogP contribution in [0.15, 0.2) is 48.5 Å². The summed E-state index contributed by atoms with van der Waals surface area (Å²) in [7, 11) is 1.57. The number of nitriles is 1. The molecule has 2 aromatic rings. The molecule has 0 aromatic heterocycles. The summed E-state index contributed by atoms with van der Waals surface area (Å²) in [4.78, 5) is 26.1. The third kappa shape index (κ3) is 6.82. The minimum absolute atomic E-state index is 0.183. The van der Waals surface area contributed by atoms with Gasteiger partial charge in [0.1, 0.15) is 5.75 Å². The van der Waals surface area contributed by atoms with Crippen molar-refractivity contribution in [3.63, 3.8) is 0 Å². The molecule has 0 heterocycles. The molecule has 0 radical (unpaired) electrons. The van der Waals surface area contributed by atoms with E-state index < -0.39 is 12.6 Å². The smallest absolute Gasteiger partial charge is 0.331 e. The fourth-order valence-electron chi connectivity index (χ4n) is 2.83. The second kappa shape index (κ2) is 10.7. The fraction of sp³-hybridized carbons (Fsp3) is 0.261. The molecule has 0 saturated carbocycles. The molecule has 0 unspecified atom stereocenters. The minimum Gasteiger partial charge on any atom is -0.497 e. The number of anilines is 1. The normalized spacial score (nSPS) is 10.4. The summed E-state index contributed by atoms with van der Waals surface area (Å²) in [6, 6.07) is 15.0. The van der Waals surface area contributed by atoms with Gasteiger partial charge in [0.2, 0.25) is 0 Å². The molecule has 6 nitrogen and oxygen atoms in total. The van der Waals surface area contributed by atoms with E-state index in [1.54, 1.807) is 25.3 Å². The number of esters is 1. The number of nitrogens with zero attached hydrogens (tertiary/aromatic N) is 2. The van der Waals surface area contributed by atoms with Gasteiger partial charge in [-0.1, -0.05) is 18.2 Å². The number of methoxy groups -OCH3 is 1. The van der Waals surface area contributed by atoms with E-state index in [1.165, 1.54) is 11.0 Å². The van der Waals surface area contributed by atoms with E-state index in [9.17, 15) is 9.59 Å². The van der Waals surface area contributed by atoms with Crippen LogP contribution in [0, 0.1) is 25.2 Å². The number of ether oxygens (including phenoxy) is 2. The second-order valence-electron chi connectivity index (χ2n) is 6.52. The molecule has 2 rings (SSSR count). The first-order valence-corrected chi connectivity index (χ1v) is 9.17. The molecular weight excluding hydrogens is 368 g/mol. The molecule has 0 bridgehead atoms. The van der Waals surface area contributed by atoms with Crippen LogP contribution in [-0.2, 0) is 14.3 Å². The minimum atomic E-state index is -0.623. The van der Waals surface area contributed by atoms with Gasteiger partial charge >= 0.3 is 5.97 Å². The van der Waals surface area contributed by atoms with Gasteiger partial charge in [0.25, 0.3) is 5.91 Å². The SMILES string of the molecule is COc1cccc(/C=C/C(=O)OCC(=O)N(CCC#N)c2cc(C)cc(C)c2)c1. The molecule has 0 atom stereocenters. The fourth-order valence-corrected chi connectivity index (χ4v) is 2.83. The van der Waals surface area contributed by atoms with Crippen molar-refractivity contribution < 1.29 is 19.1 Å². The monoisotopic (exact) mass is 392 g/mol. The number of amides is 1. The summed E-state index contributed by atoms with van der Waals surface area (Å²) < 4.78 is 10.2. The maximum Gasteiger partial charge on any atom is 0.331 e. The van der Waals surface area contributed by atoms with Crippen LogP contribution in [0.3, 0.4) is 0 Å². The van der Waals surface area contributed by atoms with Gasteiger partial charge < -0.3 is 14.4 Å². The van der Waals surface area contributed by atoms with Crippen LogP contribution in [0.25, 0.3) is 6.08 Å². The summed E-state index contributed by atoms with van der Waals surface area (Å²) >= 11 is 0. The molecule has 0 aliphatic carbocycles. The molecule has 0 N–H and O–H groups in total. The molecule has 0 saturated heterocycles. The van der Waals surface area contributed by atoms with Crippen LogP contribution in [0.5, 0.6) is 5.75 Å². The average Bonchev–Trinajstić information content (AvgIpc) is 2.70. The number of benzene rings is 2. The summed E-state index contributed by atoms with van der Waals surface area (Å²) in [6.45, 7) is 3.70. The van der Waals surface area contributed by atoms with E-state index in [-0.39, 0.29) is 18.9 Å². The Hall–Kier alpha value is -3.59. The van der Waals surface area contributed by atoms with E-state index in [2.05, 4.69) is 0 Å². The molecule has 2 aromatic carbocycles. The maximum atomic E-state index is 12.6. The van der Waals surface area contributed by atoms with E-state index in [4.69, 9.17) is 14.7 Å². The van der Waals surface area contributed by atoms with E-state index >= 15 is 0 Å². The number of carbonyl (C=O) groups excluding carboxylic acids is 2. The van der Waals surface area contributed by atoms with Gasteiger partial charge in [-0.3, -0.25) is 4.79 Å². The third-order valence-corrected chi connectivity index (χ3v) is 4.11. The van der Waals surface area contributed by atoms with Gasteiger partial charge in [0.05, 0.1) is 19.6 Å². The van der Waals surface area contributed by atoms with Crippen LogP contribution >= 0.6 is 0 Å². The Morgan fingerprint density at radius 3 is 2.52 bits per heavy atom.